The molecule has 1 saturated heterocycles. The first-order valence-electron chi connectivity index (χ1n) is 10.9. The van der Waals surface area contributed by atoms with Gasteiger partial charge in [-0.1, -0.05) is 51.1 Å². The van der Waals surface area contributed by atoms with E-state index >= 15 is 0 Å². The summed E-state index contributed by atoms with van der Waals surface area (Å²) in [7, 11) is 0. The molecule has 2 aromatic rings. The molecule has 1 heterocycles. The first-order chi connectivity index (χ1) is 14.1. The van der Waals surface area contributed by atoms with Crippen LogP contribution in [0.3, 0.4) is 0 Å². The maximum atomic E-state index is 12.4. The highest BCUT2D eigenvalue weighted by molar-refractivity contribution is 5.93. The van der Waals surface area contributed by atoms with Crippen molar-refractivity contribution in [1.82, 2.24) is 0 Å². The number of amides is 1. The van der Waals surface area contributed by atoms with Crippen LogP contribution in [-0.4, -0.2) is 25.6 Å². The van der Waals surface area contributed by atoms with Gasteiger partial charge in [0.2, 0.25) is 5.91 Å². The monoisotopic (exact) mass is 408 g/mol. The molecule has 1 N–H and O–H groups in total. The second-order valence-corrected chi connectivity index (χ2v) is 9.92. The summed E-state index contributed by atoms with van der Waals surface area (Å²) < 4.78 is 6.31. The van der Waals surface area contributed by atoms with E-state index in [0.717, 1.165) is 36.3 Å². The van der Waals surface area contributed by atoms with E-state index in [1.165, 1.54) is 11.3 Å². The number of hydrogen-bond donors (Lipinski definition) is 1. The van der Waals surface area contributed by atoms with Crippen LogP contribution in [0.4, 0.5) is 11.4 Å². The van der Waals surface area contributed by atoms with E-state index in [-0.39, 0.29) is 16.9 Å². The van der Waals surface area contributed by atoms with E-state index in [9.17, 15) is 4.79 Å². The first kappa shape index (κ1) is 22.4. The van der Waals surface area contributed by atoms with Gasteiger partial charge in [0.25, 0.3) is 0 Å². The lowest BCUT2D eigenvalue weighted by Crippen LogP contribution is -2.28. The Morgan fingerprint density at radius 2 is 1.73 bits per heavy atom. The molecule has 0 aliphatic carbocycles. The topological polar surface area (TPSA) is 41.6 Å². The van der Waals surface area contributed by atoms with Crippen molar-refractivity contribution in [2.24, 2.45) is 5.41 Å². The molecular weight excluding hydrogens is 372 g/mol. The predicted molar refractivity (Wildman–Crippen MR) is 125 cm³/mol. The first-order valence-corrected chi connectivity index (χ1v) is 10.9. The normalized spacial score (nSPS) is 20.0. The number of hydrogen-bond acceptors (Lipinski definition) is 3. The van der Waals surface area contributed by atoms with Crippen molar-refractivity contribution in [2.75, 3.05) is 29.9 Å². The Kier molecular flexibility index (Phi) is 6.56. The summed E-state index contributed by atoms with van der Waals surface area (Å²) in [5.74, 6) is 0.0725. The highest BCUT2D eigenvalue weighted by Gasteiger charge is 2.31. The average Bonchev–Trinajstić information content (AvgIpc) is 2.87. The molecule has 4 heteroatoms. The third-order valence-corrected chi connectivity index (χ3v) is 5.86. The second-order valence-electron chi connectivity index (χ2n) is 9.92. The smallest absolute Gasteiger partial charge is 0.224 e. The summed E-state index contributed by atoms with van der Waals surface area (Å²) in [5.41, 5.74) is 5.28. The number of anilines is 2. The molecule has 2 aromatic carbocycles. The lowest BCUT2D eigenvalue weighted by atomic mass is 9.91. The predicted octanol–water partition coefficient (Wildman–Crippen LogP) is 5.82. The SMILES string of the molecule is Cc1cc(N2CCOC(C)(c3ccccc3)CC2)cc(C)c1NC(=O)CC(C)(C)C. The van der Waals surface area contributed by atoms with E-state index in [4.69, 9.17) is 4.74 Å². The zero-order valence-corrected chi connectivity index (χ0v) is 19.3. The molecule has 30 heavy (non-hydrogen) atoms. The molecule has 1 amide bonds. The Morgan fingerprint density at radius 3 is 2.33 bits per heavy atom. The number of aryl methyl sites for hydroxylation is 2. The number of carbonyl (C=O) groups is 1. The van der Waals surface area contributed by atoms with E-state index < -0.39 is 0 Å². The molecule has 0 saturated carbocycles. The zero-order chi connectivity index (χ0) is 21.9. The van der Waals surface area contributed by atoms with Gasteiger partial charge in [0.05, 0.1) is 12.2 Å². The van der Waals surface area contributed by atoms with Crippen molar-refractivity contribution in [3.63, 3.8) is 0 Å². The molecule has 1 unspecified atom stereocenters. The van der Waals surface area contributed by atoms with Crippen LogP contribution in [0.2, 0.25) is 0 Å². The molecule has 0 bridgehead atoms. The third kappa shape index (κ3) is 5.42. The fraction of sp³-hybridized carbons (Fsp3) is 0.500. The van der Waals surface area contributed by atoms with Crippen molar-refractivity contribution in [2.45, 2.75) is 60.0 Å². The largest absolute Gasteiger partial charge is 0.369 e. The van der Waals surface area contributed by atoms with Gasteiger partial charge in [-0.05, 0) is 61.4 Å². The summed E-state index contributed by atoms with van der Waals surface area (Å²) in [5, 5.41) is 3.13. The third-order valence-electron chi connectivity index (χ3n) is 5.86. The van der Waals surface area contributed by atoms with Gasteiger partial charge >= 0.3 is 0 Å². The number of nitrogens with one attached hydrogen (secondary N) is 1. The molecule has 162 valence electrons. The molecular formula is C26H36N2O2. The van der Waals surface area contributed by atoms with Gasteiger partial charge in [-0.15, -0.1) is 0 Å². The van der Waals surface area contributed by atoms with Crippen LogP contribution < -0.4 is 10.2 Å². The minimum atomic E-state index is -0.263. The molecule has 0 radical (unpaired) electrons. The Bertz CT molecular complexity index is 863. The number of rotatable bonds is 4. The highest BCUT2D eigenvalue weighted by Crippen LogP contribution is 2.34. The van der Waals surface area contributed by atoms with Crippen molar-refractivity contribution in [3.8, 4) is 0 Å². The lowest BCUT2D eigenvalue weighted by Gasteiger charge is -2.29. The van der Waals surface area contributed by atoms with Crippen LogP contribution >= 0.6 is 0 Å². The number of ether oxygens (including phenoxy) is 1. The fourth-order valence-electron chi connectivity index (χ4n) is 4.18. The molecule has 1 fully saturated rings. The van der Waals surface area contributed by atoms with Crippen LogP contribution in [0.1, 0.15) is 57.2 Å². The molecule has 4 nitrogen and oxygen atoms in total. The standard InChI is InChI=1S/C26H36N2O2/c1-19-16-22(17-20(2)24(19)27-23(29)18-25(3,4)5)28-13-12-26(6,30-15-14-28)21-10-8-7-9-11-21/h7-11,16-17H,12-15,18H2,1-6H3,(H,27,29). The van der Waals surface area contributed by atoms with Crippen molar-refractivity contribution in [1.29, 1.82) is 0 Å². The molecule has 0 spiro atoms. The van der Waals surface area contributed by atoms with Crippen molar-refractivity contribution in [3.05, 3.63) is 59.2 Å². The molecule has 1 aliphatic rings. The summed E-state index contributed by atoms with van der Waals surface area (Å²) in [4.78, 5) is 14.8. The van der Waals surface area contributed by atoms with Crippen LogP contribution in [0, 0.1) is 19.3 Å². The van der Waals surface area contributed by atoms with E-state index in [0.29, 0.717) is 13.0 Å². The van der Waals surface area contributed by atoms with Gasteiger partial charge in [0.1, 0.15) is 0 Å². The minimum absolute atomic E-state index is 0.0245. The van der Waals surface area contributed by atoms with Gasteiger partial charge in [-0.2, -0.15) is 0 Å². The van der Waals surface area contributed by atoms with Crippen molar-refractivity contribution >= 4 is 17.3 Å². The van der Waals surface area contributed by atoms with Gasteiger partial charge in [-0.3, -0.25) is 4.79 Å². The molecule has 1 aliphatic heterocycles. The summed E-state index contributed by atoms with van der Waals surface area (Å²) in [6.07, 6.45) is 1.44. The average molecular weight is 409 g/mol. The zero-order valence-electron chi connectivity index (χ0n) is 19.3. The molecule has 1 atom stereocenters. The Morgan fingerprint density at radius 1 is 1.10 bits per heavy atom. The number of benzene rings is 2. The number of nitrogens with zero attached hydrogens (tertiary/aromatic N) is 1. The van der Waals surface area contributed by atoms with Gasteiger partial charge in [0.15, 0.2) is 0 Å². The summed E-state index contributed by atoms with van der Waals surface area (Å²) >= 11 is 0. The summed E-state index contributed by atoms with van der Waals surface area (Å²) in [6.45, 7) is 15.1. The van der Waals surface area contributed by atoms with Gasteiger partial charge in [0, 0.05) is 30.9 Å². The lowest BCUT2D eigenvalue weighted by molar-refractivity contribution is -0.117. The van der Waals surface area contributed by atoms with Crippen LogP contribution in [-0.2, 0) is 15.1 Å². The maximum Gasteiger partial charge on any atom is 0.224 e. The summed E-state index contributed by atoms with van der Waals surface area (Å²) in [6, 6.07) is 14.9. The van der Waals surface area contributed by atoms with Gasteiger partial charge in [-0.25, -0.2) is 0 Å². The molecule has 3 rings (SSSR count). The maximum absolute atomic E-state index is 12.4. The minimum Gasteiger partial charge on any atom is -0.369 e. The molecule has 0 aromatic heterocycles. The second kappa shape index (κ2) is 8.81. The van der Waals surface area contributed by atoms with E-state index in [1.54, 1.807) is 0 Å². The van der Waals surface area contributed by atoms with Crippen LogP contribution in [0.5, 0.6) is 0 Å². The highest BCUT2D eigenvalue weighted by atomic mass is 16.5. The van der Waals surface area contributed by atoms with E-state index in [2.05, 4.69) is 88.2 Å². The van der Waals surface area contributed by atoms with Crippen molar-refractivity contribution < 1.29 is 9.53 Å². The van der Waals surface area contributed by atoms with Crippen LogP contribution in [0.15, 0.2) is 42.5 Å². The van der Waals surface area contributed by atoms with Gasteiger partial charge < -0.3 is 15.0 Å². The van der Waals surface area contributed by atoms with Crippen LogP contribution in [0.25, 0.3) is 0 Å². The Balaban J connectivity index is 1.74. The quantitative estimate of drug-likeness (QED) is 0.693. The Labute approximate surface area is 181 Å². The fourth-order valence-corrected chi connectivity index (χ4v) is 4.18. The van der Waals surface area contributed by atoms with E-state index in [1.807, 2.05) is 6.07 Å². The Hall–Kier alpha value is -2.33. The number of carbonyl (C=O) groups excluding carboxylic acids is 1.